The molecule has 1 aliphatic rings. The maximum Gasteiger partial charge on any atom is 0.408 e. The van der Waals surface area contributed by atoms with Gasteiger partial charge in [0.05, 0.1) is 7.11 Å². The summed E-state index contributed by atoms with van der Waals surface area (Å²) in [7, 11) is 1.35. The van der Waals surface area contributed by atoms with Gasteiger partial charge in [-0.05, 0) is 51.9 Å². The molecule has 0 radical (unpaired) electrons. The van der Waals surface area contributed by atoms with Crippen molar-refractivity contribution in [2.24, 2.45) is 5.41 Å². The van der Waals surface area contributed by atoms with Crippen molar-refractivity contribution in [3.63, 3.8) is 0 Å². The van der Waals surface area contributed by atoms with Gasteiger partial charge < -0.3 is 14.8 Å². The highest BCUT2D eigenvalue weighted by Crippen LogP contribution is 2.40. The predicted molar refractivity (Wildman–Crippen MR) is 76.4 cm³/mol. The number of methoxy groups -OCH3 is 1. The third-order valence-electron chi connectivity index (χ3n) is 3.77. The monoisotopic (exact) mass is 285 g/mol. The van der Waals surface area contributed by atoms with E-state index in [2.05, 4.69) is 19.2 Å². The maximum absolute atomic E-state index is 12.1. The third-order valence-corrected chi connectivity index (χ3v) is 3.77. The van der Waals surface area contributed by atoms with E-state index in [0.29, 0.717) is 12.8 Å². The molecule has 116 valence electrons. The summed E-state index contributed by atoms with van der Waals surface area (Å²) >= 11 is 0. The van der Waals surface area contributed by atoms with E-state index >= 15 is 0 Å². The van der Waals surface area contributed by atoms with E-state index in [0.717, 1.165) is 12.8 Å². The second-order valence-corrected chi connectivity index (χ2v) is 7.36. The van der Waals surface area contributed by atoms with E-state index in [-0.39, 0.29) is 11.4 Å². The molecule has 0 heterocycles. The van der Waals surface area contributed by atoms with Crippen molar-refractivity contribution < 1.29 is 19.1 Å². The molecule has 1 fully saturated rings. The molecule has 5 heteroatoms. The lowest BCUT2D eigenvalue weighted by atomic mass is 9.69. The molecule has 0 saturated heterocycles. The Bertz CT molecular complexity index is 372. The van der Waals surface area contributed by atoms with Gasteiger partial charge in [-0.15, -0.1) is 0 Å². The second-order valence-electron chi connectivity index (χ2n) is 7.36. The van der Waals surface area contributed by atoms with Gasteiger partial charge >= 0.3 is 12.1 Å². The molecule has 1 N–H and O–H groups in total. The molecule has 0 aliphatic heterocycles. The van der Waals surface area contributed by atoms with Crippen molar-refractivity contribution in [2.75, 3.05) is 7.11 Å². The molecular formula is C15H27NO4. The minimum atomic E-state index is -0.952. The van der Waals surface area contributed by atoms with Gasteiger partial charge in [-0.25, -0.2) is 9.59 Å². The Morgan fingerprint density at radius 3 is 1.95 bits per heavy atom. The normalized spacial score (nSPS) is 20.9. The van der Waals surface area contributed by atoms with Gasteiger partial charge in [-0.1, -0.05) is 13.8 Å². The predicted octanol–water partition coefficient (Wildman–Crippen LogP) is 3.02. The van der Waals surface area contributed by atoms with Gasteiger partial charge in [0.25, 0.3) is 0 Å². The minimum absolute atomic E-state index is 0.188. The van der Waals surface area contributed by atoms with Crippen molar-refractivity contribution in [3.8, 4) is 0 Å². The molecule has 0 unspecified atom stereocenters. The Balaban J connectivity index is 2.81. The zero-order valence-corrected chi connectivity index (χ0v) is 13.5. The van der Waals surface area contributed by atoms with Crippen LogP contribution in [0.2, 0.25) is 0 Å². The summed E-state index contributed by atoms with van der Waals surface area (Å²) in [6.45, 7) is 9.72. The van der Waals surface area contributed by atoms with E-state index in [4.69, 9.17) is 9.47 Å². The highest BCUT2D eigenvalue weighted by Gasteiger charge is 2.46. The number of carbonyl (C=O) groups is 2. The molecule has 0 aromatic carbocycles. The Kier molecular flexibility index (Phi) is 4.72. The van der Waals surface area contributed by atoms with Gasteiger partial charge in [0.1, 0.15) is 11.1 Å². The van der Waals surface area contributed by atoms with Crippen LogP contribution in [0.15, 0.2) is 0 Å². The number of amides is 1. The fraction of sp³-hybridized carbons (Fsp3) is 0.867. The Morgan fingerprint density at radius 2 is 1.55 bits per heavy atom. The summed E-state index contributed by atoms with van der Waals surface area (Å²) in [6, 6.07) is 0. The number of alkyl carbamates (subject to hydrolysis) is 1. The molecule has 1 aliphatic carbocycles. The average Bonchev–Trinajstić information content (AvgIpc) is 2.29. The second kappa shape index (κ2) is 5.62. The number of hydrogen-bond acceptors (Lipinski definition) is 4. The Hall–Kier alpha value is -1.26. The first kappa shape index (κ1) is 16.8. The summed E-state index contributed by atoms with van der Waals surface area (Å²) in [6.07, 6.45) is 2.30. The third kappa shape index (κ3) is 4.39. The van der Waals surface area contributed by atoms with E-state index in [1.165, 1.54) is 7.11 Å². The summed E-state index contributed by atoms with van der Waals surface area (Å²) in [5.41, 5.74) is -1.35. The van der Waals surface area contributed by atoms with Gasteiger partial charge in [-0.3, -0.25) is 0 Å². The van der Waals surface area contributed by atoms with Gasteiger partial charge in [0.2, 0.25) is 0 Å². The quantitative estimate of drug-likeness (QED) is 0.792. The van der Waals surface area contributed by atoms with E-state index < -0.39 is 17.2 Å². The van der Waals surface area contributed by atoms with Crippen LogP contribution in [-0.4, -0.2) is 30.3 Å². The minimum Gasteiger partial charge on any atom is -0.467 e. The molecule has 0 aromatic rings. The molecule has 0 atom stereocenters. The van der Waals surface area contributed by atoms with Crippen LogP contribution in [0.3, 0.4) is 0 Å². The summed E-state index contributed by atoms with van der Waals surface area (Å²) in [5, 5.41) is 2.74. The van der Waals surface area contributed by atoms with Crippen molar-refractivity contribution in [3.05, 3.63) is 0 Å². The topological polar surface area (TPSA) is 64.6 Å². The standard InChI is InChI=1S/C15H27NO4/c1-13(2,3)20-12(18)16-15(11(17)19-6)9-7-14(4,5)8-10-15/h7-10H2,1-6H3,(H,16,18). The zero-order chi connectivity index (χ0) is 15.6. The number of hydrogen-bond donors (Lipinski definition) is 1. The highest BCUT2D eigenvalue weighted by atomic mass is 16.6. The first-order valence-corrected chi connectivity index (χ1v) is 7.09. The highest BCUT2D eigenvalue weighted by molar-refractivity contribution is 5.86. The molecule has 1 rings (SSSR count). The van der Waals surface area contributed by atoms with Crippen LogP contribution in [0.4, 0.5) is 4.79 Å². The van der Waals surface area contributed by atoms with Crippen molar-refractivity contribution >= 4 is 12.1 Å². The molecule has 0 spiro atoms. The van der Waals surface area contributed by atoms with Crippen LogP contribution in [0.25, 0.3) is 0 Å². The first-order chi connectivity index (χ1) is 9.00. The van der Waals surface area contributed by atoms with Crippen molar-refractivity contribution in [1.82, 2.24) is 5.32 Å². The van der Waals surface area contributed by atoms with Crippen LogP contribution in [0.5, 0.6) is 0 Å². The van der Waals surface area contributed by atoms with Crippen LogP contribution < -0.4 is 5.32 Å². The van der Waals surface area contributed by atoms with E-state index in [1.807, 2.05) is 0 Å². The van der Waals surface area contributed by atoms with E-state index in [1.54, 1.807) is 20.8 Å². The average molecular weight is 285 g/mol. The van der Waals surface area contributed by atoms with Crippen LogP contribution in [0.1, 0.15) is 60.3 Å². The number of nitrogens with one attached hydrogen (secondary N) is 1. The van der Waals surface area contributed by atoms with E-state index in [9.17, 15) is 9.59 Å². The zero-order valence-electron chi connectivity index (χ0n) is 13.5. The maximum atomic E-state index is 12.1. The summed E-state index contributed by atoms with van der Waals surface area (Å²) < 4.78 is 10.1. The molecular weight excluding hydrogens is 258 g/mol. The van der Waals surface area contributed by atoms with Gasteiger partial charge in [0, 0.05) is 0 Å². The lowest BCUT2D eigenvalue weighted by molar-refractivity contribution is -0.151. The summed E-state index contributed by atoms with van der Waals surface area (Å²) in [4.78, 5) is 24.1. The number of esters is 1. The fourth-order valence-electron chi connectivity index (χ4n) is 2.43. The van der Waals surface area contributed by atoms with Crippen LogP contribution >= 0.6 is 0 Å². The van der Waals surface area contributed by atoms with Crippen LogP contribution in [0, 0.1) is 5.41 Å². The largest absolute Gasteiger partial charge is 0.467 e. The van der Waals surface area contributed by atoms with Crippen molar-refractivity contribution in [2.45, 2.75) is 71.4 Å². The van der Waals surface area contributed by atoms with Crippen molar-refractivity contribution in [1.29, 1.82) is 0 Å². The van der Waals surface area contributed by atoms with Gasteiger partial charge in [0.15, 0.2) is 0 Å². The van der Waals surface area contributed by atoms with Crippen LogP contribution in [-0.2, 0) is 14.3 Å². The molecule has 0 aromatic heterocycles. The molecule has 0 bridgehead atoms. The lowest BCUT2D eigenvalue weighted by Crippen LogP contribution is -2.58. The Labute approximate surface area is 121 Å². The molecule has 1 saturated carbocycles. The molecule has 5 nitrogen and oxygen atoms in total. The fourth-order valence-corrected chi connectivity index (χ4v) is 2.43. The molecule has 1 amide bonds. The Morgan fingerprint density at radius 1 is 1.05 bits per heavy atom. The van der Waals surface area contributed by atoms with Gasteiger partial charge in [-0.2, -0.15) is 0 Å². The number of carbonyl (C=O) groups excluding carboxylic acids is 2. The lowest BCUT2D eigenvalue weighted by Gasteiger charge is -2.41. The number of rotatable bonds is 2. The molecule has 20 heavy (non-hydrogen) atoms. The SMILES string of the molecule is COC(=O)C1(NC(=O)OC(C)(C)C)CCC(C)(C)CC1. The summed E-state index contributed by atoms with van der Waals surface area (Å²) in [5.74, 6) is -0.390. The smallest absolute Gasteiger partial charge is 0.408 e. The number of ether oxygens (including phenoxy) is 2. The first-order valence-electron chi connectivity index (χ1n) is 7.09.